The van der Waals surface area contributed by atoms with Gasteiger partial charge in [0, 0.05) is 55.7 Å². The highest BCUT2D eigenvalue weighted by Crippen LogP contribution is 2.24. The molecule has 0 spiro atoms. The maximum atomic E-state index is 5.48. The number of nitrogens with one attached hydrogen (secondary N) is 2. The van der Waals surface area contributed by atoms with Crippen molar-refractivity contribution in [1.29, 1.82) is 0 Å². The second-order valence-electron chi connectivity index (χ2n) is 7.11. The van der Waals surface area contributed by atoms with Gasteiger partial charge in [0.05, 0.1) is 13.2 Å². The van der Waals surface area contributed by atoms with E-state index in [1.165, 1.54) is 0 Å². The average molecular weight is 402 g/mol. The maximum absolute atomic E-state index is 5.48. The fourth-order valence-electron chi connectivity index (χ4n) is 3.30. The molecule has 1 aliphatic rings. The zero-order chi connectivity index (χ0) is 20.3. The first-order valence-corrected chi connectivity index (χ1v) is 9.84. The standard InChI is InChI=1S/C21H22N8O/c1-15-2-3-17(23-14-15)25-21-26-18(13-20(27-21)29-8-10-30-11-9-29)24-16-4-6-28-7-5-22-19(28)12-16/h2-7,12-14H,8-11H2,1H3,(H2,23,24,25,26,27). The number of aromatic nitrogens is 5. The summed E-state index contributed by atoms with van der Waals surface area (Å²) in [5, 5.41) is 6.59. The monoisotopic (exact) mass is 402 g/mol. The van der Waals surface area contributed by atoms with E-state index in [9.17, 15) is 0 Å². The number of pyridine rings is 2. The van der Waals surface area contributed by atoms with Crippen molar-refractivity contribution in [2.75, 3.05) is 41.8 Å². The molecule has 1 saturated heterocycles. The summed E-state index contributed by atoms with van der Waals surface area (Å²) in [6, 6.07) is 9.83. The summed E-state index contributed by atoms with van der Waals surface area (Å²) >= 11 is 0. The Morgan fingerprint density at radius 2 is 1.83 bits per heavy atom. The van der Waals surface area contributed by atoms with Crippen LogP contribution in [0, 0.1) is 6.92 Å². The largest absolute Gasteiger partial charge is 0.378 e. The second kappa shape index (κ2) is 7.96. The van der Waals surface area contributed by atoms with Gasteiger partial charge in [-0.25, -0.2) is 9.97 Å². The molecule has 4 aromatic heterocycles. The fourth-order valence-corrected chi connectivity index (χ4v) is 3.30. The molecule has 5 heterocycles. The summed E-state index contributed by atoms with van der Waals surface area (Å²) in [6.45, 7) is 4.96. The SMILES string of the molecule is Cc1ccc(Nc2nc(Nc3ccn4ccnc4c3)cc(N3CCOCC3)n2)nc1. The quantitative estimate of drug-likeness (QED) is 0.526. The van der Waals surface area contributed by atoms with Crippen molar-refractivity contribution in [3.05, 3.63) is 60.7 Å². The third kappa shape index (κ3) is 4.01. The minimum Gasteiger partial charge on any atom is -0.378 e. The predicted molar refractivity (Wildman–Crippen MR) is 116 cm³/mol. The number of rotatable bonds is 5. The number of fused-ring (bicyclic) bond motifs is 1. The number of anilines is 5. The molecule has 5 rings (SSSR count). The molecule has 0 amide bonds. The molecule has 0 bridgehead atoms. The van der Waals surface area contributed by atoms with Crippen LogP contribution in [0.25, 0.3) is 5.65 Å². The highest BCUT2D eigenvalue weighted by atomic mass is 16.5. The molecule has 4 aromatic rings. The van der Waals surface area contributed by atoms with Crippen LogP contribution in [0.3, 0.4) is 0 Å². The van der Waals surface area contributed by atoms with Gasteiger partial charge in [0.25, 0.3) is 0 Å². The Morgan fingerprint density at radius 3 is 2.67 bits per heavy atom. The molecule has 0 aliphatic carbocycles. The number of hydrogen-bond acceptors (Lipinski definition) is 8. The molecule has 0 radical (unpaired) electrons. The van der Waals surface area contributed by atoms with Crippen molar-refractivity contribution in [2.24, 2.45) is 0 Å². The molecule has 0 atom stereocenters. The van der Waals surface area contributed by atoms with Crippen LogP contribution in [-0.4, -0.2) is 50.6 Å². The van der Waals surface area contributed by atoms with Crippen LogP contribution in [0.15, 0.2) is 55.1 Å². The van der Waals surface area contributed by atoms with E-state index in [4.69, 9.17) is 9.72 Å². The topological polar surface area (TPSA) is 92.5 Å². The minimum absolute atomic E-state index is 0.486. The first-order valence-electron chi connectivity index (χ1n) is 9.84. The molecule has 9 heteroatoms. The van der Waals surface area contributed by atoms with E-state index in [1.54, 1.807) is 6.20 Å². The number of hydrogen-bond donors (Lipinski definition) is 2. The Balaban J connectivity index is 1.46. The molecule has 0 unspecified atom stereocenters. The Morgan fingerprint density at radius 1 is 0.933 bits per heavy atom. The molecule has 1 aliphatic heterocycles. The van der Waals surface area contributed by atoms with Gasteiger partial charge in [0.15, 0.2) is 0 Å². The molecule has 30 heavy (non-hydrogen) atoms. The normalized spacial score (nSPS) is 14.1. The van der Waals surface area contributed by atoms with Gasteiger partial charge in [0.2, 0.25) is 5.95 Å². The first kappa shape index (κ1) is 18.3. The van der Waals surface area contributed by atoms with Crippen molar-refractivity contribution in [3.63, 3.8) is 0 Å². The number of aryl methyl sites for hydroxylation is 1. The number of nitrogens with zero attached hydrogens (tertiary/aromatic N) is 6. The van der Waals surface area contributed by atoms with Crippen molar-refractivity contribution in [1.82, 2.24) is 24.3 Å². The van der Waals surface area contributed by atoms with E-state index in [0.717, 1.165) is 35.8 Å². The van der Waals surface area contributed by atoms with Crippen molar-refractivity contribution < 1.29 is 4.74 Å². The van der Waals surface area contributed by atoms with Crippen LogP contribution in [0.4, 0.5) is 29.1 Å². The Hall–Kier alpha value is -3.72. The third-order valence-corrected chi connectivity index (χ3v) is 4.87. The first-order chi connectivity index (χ1) is 14.7. The van der Waals surface area contributed by atoms with Crippen LogP contribution in [-0.2, 0) is 4.74 Å². The van der Waals surface area contributed by atoms with Gasteiger partial charge in [-0.15, -0.1) is 0 Å². The van der Waals surface area contributed by atoms with Crippen LogP contribution in [0.2, 0.25) is 0 Å². The molecule has 1 fully saturated rings. The minimum atomic E-state index is 0.486. The highest BCUT2D eigenvalue weighted by molar-refractivity contribution is 5.65. The summed E-state index contributed by atoms with van der Waals surface area (Å²) in [7, 11) is 0. The summed E-state index contributed by atoms with van der Waals surface area (Å²) in [6.07, 6.45) is 7.46. The summed E-state index contributed by atoms with van der Waals surface area (Å²) in [5.74, 6) is 2.72. The zero-order valence-corrected chi connectivity index (χ0v) is 16.6. The van der Waals surface area contributed by atoms with Crippen LogP contribution < -0.4 is 15.5 Å². The molecule has 0 saturated carbocycles. The van der Waals surface area contributed by atoms with Gasteiger partial charge in [-0.3, -0.25) is 0 Å². The molecule has 152 valence electrons. The molecule has 2 N–H and O–H groups in total. The van der Waals surface area contributed by atoms with Crippen molar-refractivity contribution in [3.8, 4) is 0 Å². The summed E-state index contributed by atoms with van der Waals surface area (Å²) in [4.78, 5) is 20.3. The number of ether oxygens (including phenoxy) is 1. The number of imidazole rings is 1. The maximum Gasteiger partial charge on any atom is 0.232 e. The second-order valence-corrected chi connectivity index (χ2v) is 7.11. The Bertz CT molecular complexity index is 1150. The van der Waals surface area contributed by atoms with Gasteiger partial charge in [-0.05, 0) is 24.6 Å². The lowest BCUT2D eigenvalue weighted by atomic mass is 10.3. The van der Waals surface area contributed by atoms with Crippen molar-refractivity contribution in [2.45, 2.75) is 6.92 Å². The van der Waals surface area contributed by atoms with Crippen molar-refractivity contribution >= 4 is 34.7 Å². The van der Waals surface area contributed by atoms with E-state index in [1.807, 2.05) is 60.2 Å². The lowest BCUT2D eigenvalue weighted by Gasteiger charge is -2.28. The predicted octanol–water partition coefficient (Wildman–Crippen LogP) is 3.15. The van der Waals surface area contributed by atoms with E-state index in [0.29, 0.717) is 30.8 Å². The zero-order valence-electron chi connectivity index (χ0n) is 16.6. The van der Waals surface area contributed by atoms with E-state index < -0.39 is 0 Å². The van der Waals surface area contributed by atoms with Gasteiger partial charge in [-0.2, -0.15) is 9.97 Å². The van der Waals surface area contributed by atoms with Gasteiger partial charge < -0.3 is 24.7 Å². The van der Waals surface area contributed by atoms with Gasteiger partial charge in [0.1, 0.15) is 23.1 Å². The molecular weight excluding hydrogens is 380 g/mol. The van der Waals surface area contributed by atoms with Crippen LogP contribution in [0.5, 0.6) is 0 Å². The van der Waals surface area contributed by atoms with E-state index in [-0.39, 0.29) is 0 Å². The average Bonchev–Trinajstić information content (AvgIpc) is 3.24. The lowest BCUT2D eigenvalue weighted by Crippen LogP contribution is -2.36. The molecular formula is C21H22N8O. The van der Waals surface area contributed by atoms with E-state index in [2.05, 4.69) is 30.5 Å². The summed E-state index contributed by atoms with van der Waals surface area (Å²) in [5.41, 5.74) is 2.87. The van der Waals surface area contributed by atoms with Crippen LogP contribution >= 0.6 is 0 Å². The van der Waals surface area contributed by atoms with Crippen LogP contribution in [0.1, 0.15) is 5.56 Å². The molecule has 0 aromatic carbocycles. The Kier molecular flexibility index (Phi) is 4.86. The third-order valence-electron chi connectivity index (χ3n) is 4.87. The van der Waals surface area contributed by atoms with Gasteiger partial charge in [-0.1, -0.05) is 6.07 Å². The smallest absolute Gasteiger partial charge is 0.232 e. The Labute approximate surface area is 173 Å². The summed E-state index contributed by atoms with van der Waals surface area (Å²) < 4.78 is 7.44. The number of morpholine rings is 1. The van der Waals surface area contributed by atoms with Gasteiger partial charge >= 0.3 is 0 Å². The van der Waals surface area contributed by atoms with E-state index >= 15 is 0 Å². The lowest BCUT2D eigenvalue weighted by molar-refractivity contribution is 0.122. The fraction of sp³-hybridized carbons (Fsp3) is 0.238. The highest BCUT2D eigenvalue weighted by Gasteiger charge is 2.15. The molecule has 9 nitrogen and oxygen atoms in total.